The summed E-state index contributed by atoms with van der Waals surface area (Å²) >= 11 is 0. The van der Waals surface area contributed by atoms with E-state index in [-0.39, 0.29) is 6.08 Å². The Labute approximate surface area is 69.7 Å². The molecular weight excluding hydrogens is 199 g/mol. The van der Waals surface area contributed by atoms with E-state index >= 15 is 0 Å². The zero-order chi connectivity index (χ0) is 10.9. The van der Waals surface area contributed by atoms with Gasteiger partial charge in [0.2, 0.25) is 0 Å². The monoisotopic (exact) mass is 204 g/mol. The standard InChI is InChI=1S/C6H5F5O2/c1-3(2-4(12)13)5(7,8)6(9,10)11/h2H,1H3,(H,12,13)/b3-2+. The smallest absolute Gasteiger partial charge is 0.457 e. The first kappa shape index (κ1) is 11.9. The lowest BCUT2D eigenvalue weighted by atomic mass is 10.1. The second kappa shape index (κ2) is 3.31. The van der Waals surface area contributed by atoms with Crippen molar-refractivity contribution in [2.24, 2.45) is 0 Å². The van der Waals surface area contributed by atoms with Crippen LogP contribution >= 0.6 is 0 Å². The highest BCUT2D eigenvalue weighted by Crippen LogP contribution is 2.40. The maximum atomic E-state index is 12.2. The van der Waals surface area contributed by atoms with E-state index < -0.39 is 23.6 Å². The largest absolute Gasteiger partial charge is 0.478 e. The highest BCUT2D eigenvalue weighted by atomic mass is 19.4. The second-order valence-corrected chi connectivity index (χ2v) is 2.24. The van der Waals surface area contributed by atoms with E-state index in [0.29, 0.717) is 6.92 Å². The van der Waals surface area contributed by atoms with E-state index in [1.165, 1.54) is 0 Å². The summed E-state index contributed by atoms with van der Waals surface area (Å²) in [6.45, 7) is 0.404. The zero-order valence-electron chi connectivity index (χ0n) is 6.32. The molecule has 0 unspecified atom stereocenters. The summed E-state index contributed by atoms with van der Waals surface area (Å²) in [6, 6.07) is 0. The number of carboxylic acid groups (broad SMARTS) is 1. The van der Waals surface area contributed by atoms with Crippen molar-refractivity contribution in [1.82, 2.24) is 0 Å². The molecule has 0 atom stereocenters. The average Bonchev–Trinajstić information content (AvgIpc) is 1.82. The van der Waals surface area contributed by atoms with Gasteiger partial charge in [-0.25, -0.2) is 4.79 Å². The predicted octanol–water partition coefficient (Wildman–Crippen LogP) is 2.21. The molecule has 13 heavy (non-hydrogen) atoms. The molecule has 0 spiro atoms. The molecule has 0 fully saturated rings. The summed E-state index contributed by atoms with van der Waals surface area (Å²) in [5.74, 6) is -6.94. The van der Waals surface area contributed by atoms with Crippen LogP contribution in [0.15, 0.2) is 11.6 Å². The van der Waals surface area contributed by atoms with Crippen LogP contribution < -0.4 is 0 Å². The first-order valence-corrected chi connectivity index (χ1v) is 2.95. The van der Waals surface area contributed by atoms with Gasteiger partial charge in [0.25, 0.3) is 0 Å². The lowest BCUT2D eigenvalue weighted by Gasteiger charge is -2.19. The number of halogens is 5. The van der Waals surface area contributed by atoms with Crippen molar-refractivity contribution in [2.75, 3.05) is 0 Å². The van der Waals surface area contributed by atoms with Crippen LogP contribution in [0.2, 0.25) is 0 Å². The summed E-state index contributed by atoms with van der Waals surface area (Å²) in [5.41, 5.74) is -1.55. The van der Waals surface area contributed by atoms with Crippen molar-refractivity contribution < 1.29 is 31.9 Å². The van der Waals surface area contributed by atoms with Gasteiger partial charge in [-0.1, -0.05) is 0 Å². The molecule has 0 radical (unpaired) electrons. The van der Waals surface area contributed by atoms with Gasteiger partial charge in [0.15, 0.2) is 0 Å². The Morgan fingerprint density at radius 3 is 1.85 bits per heavy atom. The zero-order valence-corrected chi connectivity index (χ0v) is 6.32. The minimum absolute atomic E-state index is 0.173. The lowest BCUT2D eigenvalue weighted by molar-refractivity contribution is -0.264. The topological polar surface area (TPSA) is 37.3 Å². The molecule has 0 aliphatic rings. The summed E-state index contributed by atoms with van der Waals surface area (Å²) in [4.78, 5) is 9.81. The molecule has 0 rings (SSSR count). The first-order chi connectivity index (χ1) is 5.59. The molecule has 0 aliphatic heterocycles. The van der Waals surface area contributed by atoms with Crippen LogP contribution in [-0.2, 0) is 4.79 Å². The molecule has 7 heteroatoms. The Balaban J connectivity index is 4.95. The van der Waals surface area contributed by atoms with Crippen LogP contribution in [0.5, 0.6) is 0 Å². The van der Waals surface area contributed by atoms with Gasteiger partial charge in [-0.3, -0.25) is 0 Å². The van der Waals surface area contributed by atoms with Crippen LogP contribution in [-0.4, -0.2) is 23.2 Å². The molecule has 0 saturated carbocycles. The Kier molecular flexibility index (Phi) is 3.02. The van der Waals surface area contributed by atoms with E-state index in [1.54, 1.807) is 0 Å². The van der Waals surface area contributed by atoms with Crippen LogP contribution in [0.3, 0.4) is 0 Å². The molecule has 1 N–H and O–H groups in total. The van der Waals surface area contributed by atoms with Crippen molar-refractivity contribution in [3.05, 3.63) is 11.6 Å². The van der Waals surface area contributed by atoms with Crippen LogP contribution in [0.25, 0.3) is 0 Å². The van der Waals surface area contributed by atoms with Crippen LogP contribution in [0, 0.1) is 0 Å². The highest BCUT2D eigenvalue weighted by molar-refractivity contribution is 5.80. The average molecular weight is 204 g/mol. The Morgan fingerprint density at radius 1 is 1.23 bits per heavy atom. The molecule has 0 aromatic carbocycles. The van der Waals surface area contributed by atoms with E-state index in [4.69, 9.17) is 5.11 Å². The maximum absolute atomic E-state index is 12.2. The van der Waals surface area contributed by atoms with Gasteiger partial charge in [-0.15, -0.1) is 0 Å². The molecule has 0 aliphatic carbocycles. The minimum atomic E-state index is -5.76. The van der Waals surface area contributed by atoms with Gasteiger partial charge >= 0.3 is 18.1 Å². The van der Waals surface area contributed by atoms with Gasteiger partial charge in [-0.05, 0) is 6.92 Å². The summed E-state index contributed by atoms with van der Waals surface area (Å²) in [6.07, 6.45) is -5.93. The second-order valence-electron chi connectivity index (χ2n) is 2.24. The molecule has 0 amide bonds. The number of carbonyl (C=O) groups is 1. The van der Waals surface area contributed by atoms with Crippen molar-refractivity contribution in [3.63, 3.8) is 0 Å². The minimum Gasteiger partial charge on any atom is -0.478 e. The van der Waals surface area contributed by atoms with E-state index in [9.17, 15) is 26.7 Å². The van der Waals surface area contributed by atoms with Crippen molar-refractivity contribution in [3.8, 4) is 0 Å². The van der Waals surface area contributed by atoms with Crippen LogP contribution in [0.1, 0.15) is 6.92 Å². The van der Waals surface area contributed by atoms with E-state index in [2.05, 4.69) is 0 Å². The number of alkyl halides is 5. The maximum Gasteiger partial charge on any atom is 0.457 e. The Bertz CT molecular complexity index is 240. The van der Waals surface area contributed by atoms with Crippen molar-refractivity contribution >= 4 is 5.97 Å². The Hall–Kier alpha value is -1.14. The normalized spacial score (nSPS) is 14.5. The summed E-state index contributed by atoms with van der Waals surface area (Å²) in [7, 11) is 0. The molecule has 0 bridgehead atoms. The number of carboxylic acids is 1. The fourth-order valence-corrected chi connectivity index (χ4v) is 0.499. The Morgan fingerprint density at radius 2 is 1.62 bits per heavy atom. The summed E-state index contributed by atoms with van der Waals surface area (Å²) in [5, 5.41) is 7.94. The fourth-order valence-electron chi connectivity index (χ4n) is 0.499. The van der Waals surface area contributed by atoms with Gasteiger partial charge in [-0.2, -0.15) is 22.0 Å². The highest BCUT2D eigenvalue weighted by Gasteiger charge is 2.58. The number of allylic oxidation sites excluding steroid dienone is 1. The molecule has 0 heterocycles. The molecule has 0 saturated heterocycles. The molecule has 0 aromatic rings. The lowest BCUT2D eigenvalue weighted by Crippen LogP contribution is -2.37. The third kappa shape index (κ3) is 2.67. The fraction of sp³-hybridized carbons (Fsp3) is 0.500. The van der Waals surface area contributed by atoms with Crippen molar-refractivity contribution in [2.45, 2.75) is 19.0 Å². The van der Waals surface area contributed by atoms with Crippen molar-refractivity contribution in [1.29, 1.82) is 0 Å². The third-order valence-corrected chi connectivity index (χ3v) is 1.19. The number of hydrogen-bond donors (Lipinski definition) is 1. The molecular formula is C6H5F5O2. The van der Waals surface area contributed by atoms with E-state index in [0.717, 1.165) is 0 Å². The van der Waals surface area contributed by atoms with Gasteiger partial charge in [0.05, 0.1) is 0 Å². The first-order valence-electron chi connectivity index (χ1n) is 2.95. The molecule has 76 valence electrons. The van der Waals surface area contributed by atoms with E-state index in [1.807, 2.05) is 0 Å². The van der Waals surface area contributed by atoms with Gasteiger partial charge < -0.3 is 5.11 Å². The SMILES string of the molecule is C/C(=C\C(=O)O)C(F)(F)C(F)(F)F. The van der Waals surface area contributed by atoms with Crippen LogP contribution in [0.4, 0.5) is 22.0 Å². The summed E-state index contributed by atoms with van der Waals surface area (Å²) < 4.78 is 59.1. The predicted molar refractivity (Wildman–Crippen MR) is 32.4 cm³/mol. The number of rotatable bonds is 2. The number of hydrogen-bond acceptors (Lipinski definition) is 1. The number of aliphatic carboxylic acids is 1. The quantitative estimate of drug-likeness (QED) is 0.553. The van der Waals surface area contributed by atoms with Gasteiger partial charge in [0, 0.05) is 11.6 Å². The third-order valence-electron chi connectivity index (χ3n) is 1.19. The van der Waals surface area contributed by atoms with Gasteiger partial charge in [0.1, 0.15) is 0 Å². The molecule has 2 nitrogen and oxygen atoms in total. The molecule has 0 aromatic heterocycles.